The van der Waals surface area contributed by atoms with Crippen LogP contribution in [0.1, 0.15) is 53.6 Å². The molecule has 4 aromatic rings. The van der Waals surface area contributed by atoms with Crippen LogP contribution in [0.5, 0.6) is 5.75 Å². The van der Waals surface area contributed by atoms with Gasteiger partial charge >= 0.3 is 12.1 Å². The van der Waals surface area contributed by atoms with E-state index in [-0.39, 0.29) is 23.6 Å². The van der Waals surface area contributed by atoms with Gasteiger partial charge in [0.05, 0.1) is 34.1 Å². The van der Waals surface area contributed by atoms with Gasteiger partial charge in [-0.2, -0.15) is 13.2 Å². The average Bonchev–Trinajstić information content (AvgIpc) is 2.98. The van der Waals surface area contributed by atoms with Gasteiger partial charge in [-0.15, -0.1) is 0 Å². The molecule has 0 radical (unpaired) electrons. The fourth-order valence-electron chi connectivity index (χ4n) is 6.84. The first-order chi connectivity index (χ1) is 20.9. The van der Waals surface area contributed by atoms with E-state index in [0.717, 1.165) is 10.0 Å². The van der Waals surface area contributed by atoms with Gasteiger partial charge in [0.1, 0.15) is 11.9 Å². The molecule has 0 spiro atoms. The maximum atomic E-state index is 14.4. The number of para-hydroxylation sites is 1. The van der Waals surface area contributed by atoms with Crippen molar-refractivity contribution in [3.8, 4) is 17.0 Å². The number of carboxylic acid groups (broad SMARTS) is 1. The average molecular weight is 668 g/mol. The summed E-state index contributed by atoms with van der Waals surface area (Å²) in [6.45, 7) is 1.85. The normalized spacial score (nSPS) is 23.0. The van der Waals surface area contributed by atoms with Crippen molar-refractivity contribution in [3.63, 3.8) is 0 Å². The predicted octanol–water partition coefficient (Wildman–Crippen LogP) is 8.04. The number of pyridine rings is 1. The number of rotatable bonds is 7. The molecule has 7 rings (SSSR count). The number of aromatic nitrogens is 1. The van der Waals surface area contributed by atoms with Crippen molar-refractivity contribution in [1.82, 2.24) is 10.3 Å². The number of carbonyl (C=O) groups is 2. The van der Waals surface area contributed by atoms with Gasteiger partial charge in [0.15, 0.2) is 0 Å². The van der Waals surface area contributed by atoms with Gasteiger partial charge < -0.3 is 15.2 Å². The Morgan fingerprint density at radius 3 is 2.39 bits per heavy atom. The third kappa shape index (κ3) is 5.56. The molecule has 3 aromatic carbocycles. The lowest BCUT2D eigenvalue weighted by Gasteiger charge is -2.55. The Morgan fingerprint density at radius 2 is 1.70 bits per heavy atom. The second kappa shape index (κ2) is 11.2. The van der Waals surface area contributed by atoms with Crippen molar-refractivity contribution in [2.45, 2.75) is 63.3 Å². The van der Waals surface area contributed by atoms with E-state index in [4.69, 9.17) is 9.72 Å². The van der Waals surface area contributed by atoms with E-state index in [1.165, 1.54) is 18.2 Å². The van der Waals surface area contributed by atoms with E-state index >= 15 is 0 Å². The standard InChI is InChI=1S/C34H30BrF3N2O4/c1-20-28(24-17-23(35)11-12-25(24)39-29(20)21-7-3-2-4-8-21)30(41)40-33-15-13-32(14-16-33,31(42)43)19-27(33)44-26-10-6-5-9-22(26)18-34(36,37)38/h2-12,17,27H,13-16,18-19H2,1H3,(H,40,41)(H,42,43). The zero-order chi connectivity index (χ0) is 31.3. The van der Waals surface area contributed by atoms with Crippen LogP contribution in [0.25, 0.3) is 22.2 Å². The molecule has 1 aromatic heterocycles. The molecular weight excluding hydrogens is 637 g/mol. The van der Waals surface area contributed by atoms with Gasteiger partial charge in [0.25, 0.3) is 5.91 Å². The van der Waals surface area contributed by atoms with Gasteiger partial charge in [0, 0.05) is 27.4 Å². The fourth-order valence-corrected chi connectivity index (χ4v) is 7.20. The number of benzene rings is 3. The SMILES string of the molecule is Cc1c(-c2ccccc2)nc2ccc(Br)cc2c1C(=O)NC12CCC(C(=O)O)(CC1)CC2Oc1ccccc1CC(F)(F)F. The molecule has 2 N–H and O–H groups in total. The van der Waals surface area contributed by atoms with Gasteiger partial charge in [-0.3, -0.25) is 9.59 Å². The van der Waals surface area contributed by atoms with Gasteiger partial charge in [-0.1, -0.05) is 64.5 Å². The molecule has 3 aliphatic carbocycles. The Bertz CT molecular complexity index is 1750. The summed E-state index contributed by atoms with van der Waals surface area (Å²) in [5.41, 5.74) is 1.16. The van der Waals surface area contributed by atoms with Crippen molar-refractivity contribution in [2.75, 3.05) is 0 Å². The number of halogens is 4. The van der Waals surface area contributed by atoms with E-state index in [9.17, 15) is 27.9 Å². The molecule has 3 fully saturated rings. The number of nitrogens with one attached hydrogen (secondary N) is 1. The lowest BCUT2D eigenvalue weighted by molar-refractivity contribution is -0.163. The van der Waals surface area contributed by atoms with Crippen LogP contribution < -0.4 is 10.1 Å². The molecule has 1 atom stereocenters. The highest BCUT2D eigenvalue weighted by Gasteiger charge is 2.60. The summed E-state index contributed by atoms with van der Waals surface area (Å²) in [6.07, 6.45) is -5.15. The first kappa shape index (κ1) is 30.1. The van der Waals surface area contributed by atoms with E-state index in [1.807, 2.05) is 55.5 Å². The fraction of sp³-hybridized carbons (Fsp3) is 0.324. The Balaban J connectivity index is 1.42. The minimum Gasteiger partial charge on any atom is -0.488 e. The van der Waals surface area contributed by atoms with E-state index in [2.05, 4.69) is 21.2 Å². The summed E-state index contributed by atoms with van der Waals surface area (Å²) in [5.74, 6) is -1.29. The Kier molecular flexibility index (Phi) is 7.68. The van der Waals surface area contributed by atoms with Crippen LogP contribution in [-0.2, 0) is 11.2 Å². The van der Waals surface area contributed by atoms with Crippen molar-refractivity contribution in [2.24, 2.45) is 5.41 Å². The van der Waals surface area contributed by atoms with Crippen LogP contribution in [0.15, 0.2) is 77.3 Å². The number of hydrogen-bond donors (Lipinski definition) is 2. The van der Waals surface area contributed by atoms with E-state index in [0.29, 0.717) is 53.4 Å². The number of hydrogen-bond acceptors (Lipinski definition) is 4. The minimum absolute atomic E-state index is 0.0392. The first-order valence-corrected chi connectivity index (χ1v) is 15.2. The number of aliphatic carboxylic acids is 1. The molecule has 0 aliphatic heterocycles. The van der Waals surface area contributed by atoms with Crippen molar-refractivity contribution < 1.29 is 32.6 Å². The Morgan fingerprint density at radius 1 is 1.02 bits per heavy atom. The van der Waals surface area contributed by atoms with Crippen LogP contribution in [0.2, 0.25) is 0 Å². The maximum absolute atomic E-state index is 14.4. The summed E-state index contributed by atoms with van der Waals surface area (Å²) in [5, 5.41) is 14.0. The maximum Gasteiger partial charge on any atom is 0.393 e. The quantitative estimate of drug-likeness (QED) is 0.208. The molecule has 1 unspecified atom stereocenters. The molecule has 3 aliphatic rings. The smallest absolute Gasteiger partial charge is 0.393 e. The van der Waals surface area contributed by atoms with Crippen LogP contribution in [0.3, 0.4) is 0 Å². The van der Waals surface area contributed by atoms with Crippen LogP contribution >= 0.6 is 15.9 Å². The molecule has 1 amide bonds. The largest absolute Gasteiger partial charge is 0.488 e. The molecule has 2 bridgehead atoms. The topological polar surface area (TPSA) is 88.5 Å². The Labute approximate surface area is 260 Å². The van der Waals surface area contributed by atoms with Crippen molar-refractivity contribution in [1.29, 1.82) is 0 Å². The minimum atomic E-state index is -4.45. The molecule has 1 heterocycles. The summed E-state index contributed by atoms with van der Waals surface area (Å²) in [7, 11) is 0. The van der Waals surface area contributed by atoms with Crippen LogP contribution in [-0.4, -0.2) is 39.8 Å². The summed E-state index contributed by atoms with van der Waals surface area (Å²) < 4.78 is 47.3. The summed E-state index contributed by atoms with van der Waals surface area (Å²) in [6, 6.07) is 21.0. The zero-order valence-corrected chi connectivity index (χ0v) is 25.5. The third-order valence-electron chi connectivity index (χ3n) is 9.21. The highest BCUT2D eigenvalue weighted by atomic mass is 79.9. The molecule has 10 heteroatoms. The molecule has 0 saturated heterocycles. The van der Waals surface area contributed by atoms with Gasteiger partial charge in [0.2, 0.25) is 0 Å². The van der Waals surface area contributed by atoms with Crippen LogP contribution in [0, 0.1) is 12.3 Å². The molecule has 6 nitrogen and oxygen atoms in total. The van der Waals surface area contributed by atoms with E-state index in [1.54, 1.807) is 6.07 Å². The number of carbonyl (C=O) groups excluding carboxylic acids is 1. The molecule has 3 saturated carbocycles. The summed E-state index contributed by atoms with van der Waals surface area (Å²) in [4.78, 5) is 31.7. The Hall–Kier alpha value is -3.92. The van der Waals surface area contributed by atoms with Crippen LogP contribution in [0.4, 0.5) is 13.2 Å². The third-order valence-corrected chi connectivity index (χ3v) is 9.70. The second-order valence-electron chi connectivity index (χ2n) is 11.9. The first-order valence-electron chi connectivity index (χ1n) is 14.4. The lowest BCUT2D eigenvalue weighted by atomic mass is 9.55. The van der Waals surface area contributed by atoms with E-state index < -0.39 is 35.6 Å². The number of carboxylic acids is 1. The number of amides is 1. The summed E-state index contributed by atoms with van der Waals surface area (Å²) >= 11 is 3.51. The monoisotopic (exact) mass is 666 g/mol. The second-order valence-corrected chi connectivity index (χ2v) is 12.8. The molecule has 44 heavy (non-hydrogen) atoms. The number of fused-ring (bicyclic) bond motifs is 4. The van der Waals surface area contributed by atoms with Gasteiger partial charge in [-0.25, -0.2) is 4.98 Å². The number of nitrogens with zero attached hydrogens (tertiary/aromatic N) is 1. The number of alkyl halides is 3. The van der Waals surface area contributed by atoms with Gasteiger partial charge in [-0.05, 0) is 62.4 Å². The predicted molar refractivity (Wildman–Crippen MR) is 164 cm³/mol. The zero-order valence-electron chi connectivity index (χ0n) is 23.9. The molecule has 228 valence electrons. The lowest BCUT2D eigenvalue weighted by Crippen LogP contribution is -2.67. The van der Waals surface area contributed by atoms with Crippen molar-refractivity contribution >= 4 is 38.7 Å². The highest BCUT2D eigenvalue weighted by molar-refractivity contribution is 9.10. The highest BCUT2D eigenvalue weighted by Crippen LogP contribution is 2.54. The van der Waals surface area contributed by atoms with Crippen molar-refractivity contribution in [3.05, 3.63) is 94.0 Å². The number of ether oxygens (including phenoxy) is 1. The molecular formula is C34H30BrF3N2O4.